The maximum absolute atomic E-state index is 13.2. The summed E-state index contributed by atoms with van der Waals surface area (Å²) in [4.78, 5) is 33.5. The van der Waals surface area contributed by atoms with Gasteiger partial charge in [-0.2, -0.15) is 0 Å². The van der Waals surface area contributed by atoms with Gasteiger partial charge in [-0.1, -0.05) is 34.1 Å². The first-order valence-corrected chi connectivity index (χ1v) is 10.9. The van der Waals surface area contributed by atoms with Crippen molar-refractivity contribution >= 4 is 55.4 Å². The smallest absolute Gasteiger partial charge is 0.296 e. The number of carbonyl (C=O) groups is 2. The third-order valence-electron chi connectivity index (χ3n) is 4.61. The molecule has 28 heavy (non-hydrogen) atoms. The fourth-order valence-electron chi connectivity index (χ4n) is 3.09. The van der Waals surface area contributed by atoms with Crippen LogP contribution in [0.15, 0.2) is 57.6 Å². The van der Waals surface area contributed by atoms with Gasteiger partial charge in [0.2, 0.25) is 5.78 Å². The highest BCUT2D eigenvalue weighted by Gasteiger charge is 2.46. The zero-order valence-corrected chi connectivity index (χ0v) is 18.2. The predicted octanol–water partition coefficient (Wildman–Crippen LogP) is 5.37. The number of ketones is 1. The zero-order valence-electron chi connectivity index (χ0n) is 15.0. The monoisotopic (exact) mass is 474 g/mol. The number of thiazole rings is 1. The molecule has 2 aromatic heterocycles. The van der Waals surface area contributed by atoms with Crippen LogP contribution in [0.5, 0.6) is 0 Å². The minimum absolute atomic E-state index is 0.0836. The first-order valence-electron chi connectivity index (χ1n) is 8.43. The number of Topliss-reactive ketones (excluding diaryl/α,β-unsaturated/α-hetero) is 1. The Balaban J connectivity index is 1.89. The van der Waals surface area contributed by atoms with Gasteiger partial charge >= 0.3 is 0 Å². The average Bonchev–Trinajstić information content (AvgIpc) is 3.37. The third-order valence-corrected chi connectivity index (χ3v) is 7.08. The quantitative estimate of drug-likeness (QED) is 0.516. The summed E-state index contributed by atoms with van der Waals surface area (Å²) in [6.45, 7) is 3.80. The highest BCUT2D eigenvalue weighted by Crippen LogP contribution is 2.44. The molecule has 0 radical (unpaired) electrons. The molecule has 1 aromatic carbocycles. The minimum Gasteiger partial charge on any atom is -0.503 e. The van der Waals surface area contributed by atoms with E-state index in [1.165, 1.54) is 27.6 Å². The number of aliphatic hydroxyl groups excluding tert-OH is 1. The van der Waals surface area contributed by atoms with Crippen LogP contribution in [0.3, 0.4) is 0 Å². The van der Waals surface area contributed by atoms with E-state index in [0.29, 0.717) is 10.0 Å². The molecular formula is C20H15BrN2O3S2. The summed E-state index contributed by atoms with van der Waals surface area (Å²) in [5, 5.41) is 12.9. The molecular weight excluding hydrogens is 460 g/mol. The van der Waals surface area contributed by atoms with Gasteiger partial charge in [0.05, 0.1) is 22.2 Å². The van der Waals surface area contributed by atoms with Gasteiger partial charge in [0.25, 0.3) is 5.91 Å². The number of rotatable bonds is 4. The summed E-state index contributed by atoms with van der Waals surface area (Å²) >= 11 is 6.06. The lowest BCUT2D eigenvalue weighted by Gasteiger charge is -2.24. The molecule has 1 aliphatic rings. The van der Waals surface area contributed by atoms with Crippen LogP contribution in [-0.4, -0.2) is 21.8 Å². The normalized spacial score (nSPS) is 16.9. The molecule has 0 unspecified atom stereocenters. The topological polar surface area (TPSA) is 70.5 Å². The molecule has 4 rings (SSSR count). The molecule has 0 fully saturated rings. The van der Waals surface area contributed by atoms with Crippen LogP contribution in [0, 0.1) is 13.8 Å². The Kier molecular flexibility index (Phi) is 4.95. The number of halogens is 1. The van der Waals surface area contributed by atoms with Gasteiger partial charge in [0.15, 0.2) is 10.9 Å². The Morgan fingerprint density at radius 1 is 1.21 bits per heavy atom. The van der Waals surface area contributed by atoms with E-state index >= 15 is 0 Å². The zero-order chi connectivity index (χ0) is 20.0. The van der Waals surface area contributed by atoms with E-state index in [9.17, 15) is 14.7 Å². The summed E-state index contributed by atoms with van der Waals surface area (Å²) in [6.07, 6.45) is 0. The molecule has 3 heterocycles. The molecule has 5 nitrogen and oxygen atoms in total. The lowest BCUT2D eigenvalue weighted by Crippen LogP contribution is -2.30. The van der Waals surface area contributed by atoms with E-state index in [1.54, 1.807) is 17.5 Å². The Bertz CT molecular complexity index is 1080. The SMILES string of the molecule is Cc1nc(N2C(=O)C(O)=C(C(=O)c3cccs3)[C@@H]2c2ccc(Br)cc2)sc1C. The highest BCUT2D eigenvalue weighted by molar-refractivity contribution is 9.10. The highest BCUT2D eigenvalue weighted by atomic mass is 79.9. The van der Waals surface area contributed by atoms with E-state index in [1.807, 2.05) is 38.1 Å². The summed E-state index contributed by atoms with van der Waals surface area (Å²) in [5.41, 5.74) is 1.63. The fourth-order valence-corrected chi connectivity index (χ4v) is 4.97. The number of anilines is 1. The van der Waals surface area contributed by atoms with Crippen LogP contribution in [-0.2, 0) is 4.79 Å². The van der Waals surface area contributed by atoms with Crippen LogP contribution in [0.2, 0.25) is 0 Å². The van der Waals surface area contributed by atoms with Crippen molar-refractivity contribution in [3.05, 3.63) is 78.6 Å². The van der Waals surface area contributed by atoms with E-state index in [-0.39, 0.29) is 11.4 Å². The van der Waals surface area contributed by atoms with E-state index in [0.717, 1.165) is 20.6 Å². The second-order valence-electron chi connectivity index (χ2n) is 6.34. The lowest BCUT2D eigenvalue weighted by molar-refractivity contribution is -0.117. The molecule has 142 valence electrons. The van der Waals surface area contributed by atoms with E-state index in [4.69, 9.17) is 0 Å². The number of hydrogen-bond acceptors (Lipinski definition) is 6. The Labute approximate surface area is 178 Å². The molecule has 0 aliphatic carbocycles. The predicted molar refractivity (Wildman–Crippen MR) is 114 cm³/mol. The van der Waals surface area contributed by atoms with Crippen molar-refractivity contribution in [2.24, 2.45) is 0 Å². The van der Waals surface area contributed by atoms with Crippen LogP contribution < -0.4 is 4.90 Å². The van der Waals surface area contributed by atoms with Crippen LogP contribution in [0.1, 0.15) is 31.8 Å². The van der Waals surface area contributed by atoms with Crippen molar-refractivity contribution < 1.29 is 14.7 Å². The minimum atomic E-state index is -0.736. The molecule has 1 N–H and O–H groups in total. The number of aromatic nitrogens is 1. The maximum Gasteiger partial charge on any atom is 0.296 e. The number of nitrogens with zero attached hydrogens (tertiary/aromatic N) is 2. The number of aliphatic hydroxyl groups is 1. The van der Waals surface area contributed by atoms with Gasteiger partial charge in [-0.25, -0.2) is 4.98 Å². The van der Waals surface area contributed by atoms with Crippen LogP contribution in [0.4, 0.5) is 5.13 Å². The van der Waals surface area contributed by atoms with Crippen molar-refractivity contribution in [3.63, 3.8) is 0 Å². The van der Waals surface area contributed by atoms with Gasteiger partial charge in [0, 0.05) is 9.35 Å². The van der Waals surface area contributed by atoms with E-state index in [2.05, 4.69) is 20.9 Å². The number of thiophene rings is 1. The average molecular weight is 475 g/mol. The number of benzene rings is 1. The Hall–Kier alpha value is -2.29. The van der Waals surface area contributed by atoms with Crippen molar-refractivity contribution in [3.8, 4) is 0 Å². The van der Waals surface area contributed by atoms with Gasteiger partial charge in [-0.05, 0) is 43.0 Å². The number of amides is 1. The molecule has 1 amide bonds. The van der Waals surface area contributed by atoms with Crippen molar-refractivity contribution in [1.82, 2.24) is 4.98 Å². The van der Waals surface area contributed by atoms with Crippen LogP contribution >= 0.6 is 38.6 Å². The Morgan fingerprint density at radius 3 is 2.50 bits per heavy atom. The molecule has 1 aliphatic heterocycles. The molecule has 8 heteroatoms. The molecule has 0 saturated heterocycles. The number of carbonyl (C=O) groups excluding carboxylic acids is 2. The second kappa shape index (κ2) is 7.27. The second-order valence-corrected chi connectivity index (χ2v) is 9.38. The largest absolute Gasteiger partial charge is 0.503 e. The standard InChI is InChI=1S/C20H15BrN2O3S2/c1-10-11(2)28-20(22-10)23-16(12-5-7-13(21)8-6-12)15(18(25)19(23)26)17(24)14-4-3-9-27-14/h3-9,16,25H,1-2H3/t16-/m0/s1. The van der Waals surface area contributed by atoms with Gasteiger partial charge < -0.3 is 5.11 Å². The summed E-state index contributed by atoms with van der Waals surface area (Å²) in [5.74, 6) is -1.47. The van der Waals surface area contributed by atoms with Gasteiger partial charge in [0.1, 0.15) is 0 Å². The summed E-state index contributed by atoms with van der Waals surface area (Å²) in [7, 11) is 0. The molecule has 0 spiro atoms. The van der Waals surface area contributed by atoms with Gasteiger partial charge in [-0.3, -0.25) is 14.5 Å². The van der Waals surface area contributed by atoms with Crippen LogP contribution in [0.25, 0.3) is 0 Å². The third kappa shape index (κ3) is 3.11. The number of hydrogen-bond donors (Lipinski definition) is 1. The van der Waals surface area contributed by atoms with Crippen molar-refractivity contribution in [2.45, 2.75) is 19.9 Å². The number of aryl methyl sites for hydroxylation is 2. The molecule has 1 atom stereocenters. The molecule has 0 bridgehead atoms. The van der Waals surface area contributed by atoms with Crippen molar-refractivity contribution in [1.29, 1.82) is 0 Å². The van der Waals surface area contributed by atoms with Crippen molar-refractivity contribution in [2.75, 3.05) is 4.90 Å². The first kappa shape index (κ1) is 19.0. The maximum atomic E-state index is 13.2. The Morgan fingerprint density at radius 2 is 1.93 bits per heavy atom. The summed E-state index contributed by atoms with van der Waals surface area (Å²) in [6, 6.07) is 10.1. The summed E-state index contributed by atoms with van der Waals surface area (Å²) < 4.78 is 0.882. The van der Waals surface area contributed by atoms with Gasteiger partial charge in [-0.15, -0.1) is 22.7 Å². The fraction of sp³-hybridized carbons (Fsp3) is 0.150. The molecule has 3 aromatic rings. The molecule has 0 saturated carbocycles. The first-order chi connectivity index (χ1) is 13.4. The van der Waals surface area contributed by atoms with E-state index < -0.39 is 17.7 Å². The lowest BCUT2D eigenvalue weighted by atomic mass is 9.96.